The first kappa shape index (κ1) is 15.6. The lowest BCUT2D eigenvalue weighted by Crippen LogP contribution is -2.46. The lowest BCUT2D eigenvalue weighted by atomic mass is 9.52. The smallest absolute Gasteiger partial charge is 0.156 e. The average Bonchev–Trinajstić information content (AvgIpc) is 2.81. The van der Waals surface area contributed by atoms with Crippen molar-refractivity contribution in [3.8, 4) is 0 Å². The second-order valence-electron chi connectivity index (χ2n) is 8.98. The van der Waals surface area contributed by atoms with Crippen LogP contribution in [0.3, 0.4) is 0 Å². The van der Waals surface area contributed by atoms with Crippen LogP contribution in [0.25, 0.3) is 0 Å². The molecule has 0 radical (unpaired) electrons. The maximum atomic E-state index is 11.8. The first-order valence-corrected chi connectivity index (χ1v) is 9.56. The maximum absolute atomic E-state index is 11.8. The van der Waals surface area contributed by atoms with Crippen molar-refractivity contribution >= 4 is 5.78 Å². The van der Waals surface area contributed by atoms with Gasteiger partial charge >= 0.3 is 0 Å². The Kier molecular flexibility index (Phi) is 3.61. The third kappa shape index (κ3) is 2.21. The first-order valence-electron chi connectivity index (χ1n) is 9.56. The molecular weight excluding hydrogens is 284 g/mol. The van der Waals surface area contributed by atoms with Crippen molar-refractivity contribution < 1.29 is 9.90 Å². The standard InChI is InChI=1S/C21H30O2/c1-12(2)17-11-21(3)18(8-9-19(21)23)16-6-4-13-10-14(22)5-7-15(13)20(16)17/h10,12,16-19,23H,4-9,11H2,1-3H3/t16-,17+,18-,19-,21-/m0/s1. The first-order chi connectivity index (χ1) is 10.9. The molecule has 5 atom stereocenters. The Hall–Kier alpha value is -0.890. The Morgan fingerprint density at radius 2 is 1.96 bits per heavy atom. The number of rotatable bonds is 1. The maximum Gasteiger partial charge on any atom is 0.156 e. The van der Waals surface area contributed by atoms with E-state index in [4.69, 9.17) is 0 Å². The molecule has 2 saturated carbocycles. The molecule has 4 rings (SSSR count). The number of carbonyl (C=O) groups is 1. The molecule has 0 heterocycles. The number of hydrogen-bond acceptors (Lipinski definition) is 2. The molecule has 1 N–H and O–H groups in total. The summed E-state index contributed by atoms with van der Waals surface area (Å²) in [5, 5.41) is 10.7. The summed E-state index contributed by atoms with van der Waals surface area (Å²) in [7, 11) is 0. The molecule has 2 heteroatoms. The van der Waals surface area contributed by atoms with E-state index < -0.39 is 0 Å². The largest absolute Gasteiger partial charge is 0.393 e. The molecule has 0 spiro atoms. The van der Waals surface area contributed by atoms with Gasteiger partial charge in [0.25, 0.3) is 0 Å². The highest BCUT2D eigenvalue weighted by atomic mass is 16.3. The Balaban J connectivity index is 1.83. The molecule has 0 unspecified atom stereocenters. The molecule has 2 fully saturated rings. The fourth-order valence-electron chi connectivity index (χ4n) is 6.29. The summed E-state index contributed by atoms with van der Waals surface area (Å²) in [6.45, 7) is 7.03. The van der Waals surface area contributed by atoms with E-state index in [1.54, 1.807) is 11.1 Å². The Morgan fingerprint density at radius 3 is 2.70 bits per heavy atom. The van der Waals surface area contributed by atoms with Gasteiger partial charge in [0, 0.05) is 6.42 Å². The van der Waals surface area contributed by atoms with Gasteiger partial charge in [-0.15, -0.1) is 0 Å². The van der Waals surface area contributed by atoms with Crippen molar-refractivity contribution in [1.29, 1.82) is 0 Å². The van der Waals surface area contributed by atoms with E-state index >= 15 is 0 Å². The van der Waals surface area contributed by atoms with Crippen molar-refractivity contribution in [1.82, 2.24) is 0 Å². The SMILES string of the molecule is CC(C)[C@H]1C[C@]2(C)[C@@H](O)CC[C@H]2[C@@H]2CCC3=CC(=O)CCC3=C21. The molecule has 0 aromatic rings. The number of aliphatic hydroxyl groups is 1. The van der Waals surface area contributed by atoms with Crippen LogP contribution in [0.15, 0.2) is 22.8 Å². The average molecular weight is 314 g/mol. The second kappa shape index (κ2) is 5.31. The van der Waals surface area contributed by atoms with Gasteiger partial charge in [-0.2, -0.15) is 0 Å². The summed E-state index contributed by atoms with van der Waals surface area (Å²) in [5.41, 5.74) is 4.69. The van der Waals surface area contributed by atoms with Crippen LogP contribution in [0.1, 0.15) is 65.7 Å². The van der Waals surface area contributed by atoms with Crippen molar-refractivity contribution in [2.24, 2.45) is 29.1 Å². The summed E-state index contributed by atoms with van der Waals surface area (Å²) in [5.74, 6) is 2.82. The zero-order chi connectivity index (χ0) is 16.4. The van der Waals surface area contributed by atoms with Crippen LogP contribution < -0.4 is 0 Å². The van der Waals surface area contributed by atoms with Gasteiger partial charge in [0.1, 0.15) is 0 Å². The summed E-state index contributed by atoms with van der Waals surface area (Å²) in [6, 6.07) is 0. The highest BCUT2D eigenvalue weighted by molar-refractivity contribution is 5.93. The van der Waals surface area contributed by atoms with Crippen LogP contribution in [-0.2, 0) is 4.79 Å². The third-order valence-electron chi connectivity index (χ3n) is 7.53. The van der Waals surface area contributed by atoms with Crippen LogP contribution in [0.5, 0.6) is 0 Å². The molecule has 0 aromatic heterocycles. The topological polar surface area (TPSA) is 37.3 Å². The number of fused-ring (bicyclic) bond motifs is 4. The van der Waals surface area contributed by atoms with Gasteiger partial charge in [0.2, 0.25) is 0 Å². The summed E-state index contributed by atoms with van der Waals surface area (Å²) >= 11 is 0. The Bertz CT molecular complexity index is 597. The lowest BCUT2D eigenvalue weighted by Gasteiger charge is -2.52. The van der Waals surface area contributed by atoms with E-state index in [9.17, 15) is 9.90 Å². The molecule has 126 valence electrons. The number of hydrogen-bond donors (Lipinski definition) is 1. The molecule has 23 heavy (non-hydrogen) atoms. The van der Waals surface area contributed by atoms with E-state index in [0.29, 0.717) is 35.9 Å². The van der Waals surface area contributed by atoms with Gasteiger partial charge in [-0.1, -0.05) is 26.3 Å². The summed E-state index contributed by atoms with van der Waals surface area (Å²) in [6.07, 6.45) is 9.04. The highest BCUT2D eigenvalue weighted by Crippen LogP contribution is 2.62. The molecule has 0 bridgehead atoms. The minimum atomic E-state index is -0.120. The van der Waals surface area contributed by atoms with Gasteiger partial charge in [0.15, 0.2) is 5.78 Å². The van der Waals surface area contributed by atoms with Gasteiger partial charge < -0.3 is 5.11 Å². The Labute approximate surface area is 140 Å². The van der Waals surface area contributed by atoms with Gasteiger partial charge in [-0.3, -0.25) is 4.79 Å². The predicted octanol–water partition coefficient (Wildman–Crippen LogP) is 4.44. The Morgan fingerprint density at radius 1 is 1.17 bits per heavy atom. The zero-order valence-electron chi connectivity index (χ0n) is 14.8. The molecule has 4 aliphatic rings. The molecule has 0 aromatic carbocycles. The number of carbonyl (C=O) groups excluding carboxylic acids is 1. The fourth-order valence-corrected chi connectivity index (χ4v) is 6.29. The molecule has 4 aliphatic carbocycles. The van der Waals surface area contributed by atoms with E-state index in [1.165, 1.54) is 18.4 Å². The van der Waals surface area contributed by atoms with Gasteiger partial charge in [-0.25, -0.2) is 0 Å². The van der Waals surface area contributed by atoms with Crippen molar-refractivity contribution in [2.75, 3.05) is 0 Å². The quantitative estimate of drug-likeness (QED) is 0.777. The molecule has 0 saturated heterocycles. The van der Waals surface area contributed by atoms with Crippen LogP contribution in [0, 0.1) is 29.1 Å². The third-order valence-corrected chi connectivity index (χ3v) is 7.53. The van der Waals surface area contributed by atoms with Crippen molar-refractivity contribution in [3.63, 3.8) is 0 Å². The van der Waals surface area contributed by atoms with Gasteiger partial charge in [0.05, 0.1) is 6.10 Å². The molecular formula is C21H30O2. The minimum absolute atomic E-state index is 0.107. The fraction of sp³-hybridized carbons (Fsp3) is 0.762. The van der Waals surface area contributed by atoms with E-state index in [0.717, 1.165) is 25.7 Å². The van der Waals surface area contributed by atoms with E-state index in [-0.39, 0.29) is 11.5 Å². The monoisotopic (exact) mass is 314 g/mol. The van der Waals surface area contributed by atoms with Gasteiger partial charge in [-0.05, 0) is 84.8 Å². The second-order valence-corrected chi connectivity index (χ2v) is 8.98. The van der Waals surface area contributed by atoms with Crippen molar-refractivity contribution in [3.05, 3.63) is 22.8 Å². The lowest BCUT2D eigenvalue weighted by molar-refractivity contribution is -0.114. The number of allylic oxidation sites excluding steroid dienone is 4. The van der Waals surface area contributed by atoms with E-state index in [2.05, 4.69) is 20.8 Å². The summed E-state index contributed by atoms with van der Waals surface area (Å²) in [4.78, 5) is 11.8. The minimum Gasteiger partial charge on any atom is -0.393 e. The molecule has 2 nitrogen and oxygen atoms in total. The molecule has 0 aliphatic heterocycles. The van der Waals surface area contributed by atoms with Crippen LogP contribution in [-0.4, -0.2) is 17.0 Å². The van der Waals surface area contributed by atoms with Crippen molar-refractivity contribution in [2.45, 2.75) is 71.8 Å². The highest BCUT2D eigenvalue weighted by Gasteiger charge is 2.56. The molecule has 0 amide bonds. The normalized spacial score (nSPS) is 43.2. The predicted molar refractivity (Wildman–Crippen MR) is 91.9 cm³/mol. The zero-order valence-corrected chi connectivity index (χ0v) is 14.8. The number of aliphatic hydroxyl groups excluding tert-OH is 1. The van der Waals surface area contributed by atoms with E-state index in [1.807, 2.05) is 6.08 Å². The van der Waals surface area contributed by atoms with Crippen LogP contribution in [0.4, 0.5) is 0 Å². The number of ketones is 1. The van der Waals surface area contributed by atoms with Crippen LogP contribution in [0.2, 0.25) is 0 Å². The van der Waals surface area contributed by atoms with Crippen LogP contribution >= 0.6 is 0 Å². The summed E-state index contributed by atoms with van der Waals surface area (Å²) < 4.78 is 0.